The van der Waals surface area contributed by atoms with Crippen LogP contribution in [0.3, 0.4) is 0 Å². The van der Waals surface area contributed by atoms with E-state index in [0.29, 0.717) is 6.42 Å². The first-order valence-electron chi connectivity index (χ1n) is 4.39. The lowest BCUT2D eigenvalue weighted by Crippen LogP contribution is -2.10. The number of benzene rings is 1. The SMILES string of the molecule is N[C@H](CCCO)c1ccc(O)cc1. The number of rotatable bonds is 4. The van der Waals surface area contributed by atoms with Gasteiger partial charge in [0.15, 0.2) is 0 Å². The molecule has 0 spiro atoms. The predicted molar refractivity (Wildman–Crippen MR) is 51.4 cm³/mol. The molecule has 0 aliphatic carbocycles. The van der Waals surface area contributed by atoms with Gasteiger partial charge in [-0.3, -0.25) is 0 Å². The van der Waals surface area contributed by atoms with Gasteiger partial charge in [0, 0.05) is 12.6 Å². The molecule has 1 rings (SSSR count). The molecule has 0 saturated carbocycles. The van der Waals surface area contributed by atoms with Crippen molar-refractivity contribution in [2.24, 2.45) is 5.73 Å². The Labute approximate surface area is 77.8 Å². The molecule has 0 fully saturated rings. The first-order chi connectivity index (χ1) is 6.24. The summed E-state index contributed by atoms with van der Waals surface area (Å²) in [6, 6.07) is 6.80. The van der Waals surface area contributed by atoms with Crippen LogP contribution in [0.5, 0.6) is 5.75 Å². The van der Waals surface area contributed by atoms with Gasteiger partial charge in [-0.05, 0) is 30.5 Å². The van der Waals surface area contributed by atoms with Gasteiger partial charge in [-0.15, -0.1) is 0 Å². The van der Waals surface area contributed by atoms with Gasteiger partial charge in [0.1, 0.15) is 5.75 Å². The van der Waals surface area contributed by atoms with Crippen molar-refractivity contribution in [1.82, 2.24) is 0 Å². The van der Waals surface area contributed by atoms with E-state index in [1.807, 2.05) is 0 Å². The first-order valence-corrected chi connectivity index (χ1v) is 4.39. The summed E-state index contributed by atoms with van der Waals surface area (Å²) in [5, 5.41) is 17.6. The quantitative estimate of drug-likeness (QED) is 0.653. The van der Waals surface area contributed by atoms with Crippen molar-refractivity contribution in [3.05, 3.63) is 29.8 Å². The van der Waals surface area contributed by atoms with E-state index in [0.717, 1.165) is 12.0 Å². The summed E-state index contributed by atoms with van der Waals surface area (Å²) < 4.78 is 0. The maximum absolute atomic E-state index is 9.03. The summed E-state index contributed by atoms with van der Waals surface area (Å²) in [5.74, 6) is 0.248. The van der Waals surface area contributed by atoms with Crippen LogP contribution < -0.4 is 5.73 Å². The number of phenolic OH excluding ortho intramolecular Hbond substituents is 1. The second-order valence-electron chi connectivity index (χ2n) is 3.06. The highest BCUT2D eigenvalue weighted by Gasteiger charge is 2.04. The average Bonchev–Trinajstić information content (AvgIpc) is 2.15. The van der Waals surface area contributed by atoms with E-state index in [4.69, 9.17) is 15.9 Å². The second-order valence-corrected chi connectivity index (χ2v) is 3.06. The van der Waals surface area contributed by atoms with Gasteiger partial charge < -0.3 is 15.9 Å². The molecule has 13 heavy (non-hydrogen) atoms. The van der Waals surface area contributed by atoms with E-state index in [-0.39, 0.29) is 18.4 Å². The Morgan fingerprint density at radius 1 is 1.23 bits per heavy atom. The highest BCUT2D eigenvalue weighted by Crippen LogP contribution is 2.18. The summed E-state index contributed by atoms with van der Waals surface area (Å²) >= 11 is 0. The molecule has 0 amide bonds. The van der Waals surface area contributed by atoms with Gasteiger partial charge in [0.05, 0.1) is 0 Å². The maximum atomic E-state index is 9.03. The Hall–Kier alpha value is -1.06. The van der Waals surface area contributed by atoms with Crippen LogP contribution in [-0.4, -0.2) is 16.8 Å². The number of aromatic hydroxyl groups is 1. The lowest BCUT2D eigenvalue weighted by Gasteiger charge is -2.10. The third-order valence-corrected chi connectivity index (χ3v) is 1.99. The molecule has 0 bridgehead atoms. The normalized spacial score (nSPS) is 12.8. The van der Waals surface area contributed by atoms with Gasteiger partial charge in [-0.2, -0.15) is 0 Å². The molecular formula is C10H15NO2. The minimum Gasteiger partial charge on any atom is -0.508 e. The average molecular weight is 181 g/mol. The van der Waals surface area contributed by atoms with Crippen LogP contribution >= 0.6 is 0 Å². The molecule has 0 aliphatic rings. The molecule has 1 aromatic rings. The molecule has 0 unspecified atom stereocenters. The molecule has 72 valence electrons. The fourth-order valence-electron chi connectivity index (χ4n) is 1.20. The fourth-order valence-corrected chi connectivity index (χ4v) is 1.20. The van der Waals surface area contributed by atoms with Gasteiger partial charge in [0.2, 0.25) is 0 Å². The monoisotopic (exact) mass is 181 g/mol. The van der Waals surface area contributed by atoms with Crippen LogP contribution in [0.4, 0.5) is 0 Å². The Morgan fingerprint density at radius 3 is 2.38 bits per heavy atom. The summed E-state index contributed by atoms with van der Waals surface area (Å²) in [4.78, 5) is 0. The summed E-state index contributed by atoms with van der Waals surface area (Å²) in [5.41, 5.74) is 6.83. The Morgan fingerprint density at radius 2 is 1.85 bits per heavy atom. The number of aliphatic hydroxyl groups is 1. The van der Waals surface area contributed by atoms with Crippen molar-refractivity contribution in [3.8, 4) is 5.75 Å². The number of nitrogens with two attached hydrogens (primary N) is 1. The lowest BCUT2D eigenvalue weighted by molar-refractivity contribution is 0.280. The molecule has 0 radical (unpaired) electrons. The van der Waals surface area contributed by atoms with Crippen LogP contribution in [0, 0.1) is 0 Å². The Bertz CT molecular complexity index is 246. The molecule has 1 atom stereocenters. The molecule has 0 aliphatic heterocycles. The van der Waals surface area contributed by atoms with Crippen molar-refractivity contribution < 1.29 is 10.2 Å². The van der Waals surface area contributed by atoms with E-state index in [1.165, 1.54) is 0 Å². The van der Waals surface area contributed by atoms with E-state index in [9.17, 15) is 0 Å². The zero-order valence-corrected chi connectivity index (χ0v) is 7.48. The van der Waals surface area contributed by atoms with Crippen LogP contribution in [-0.2, 0) is 0 Å². The van der Waals surface area contributed by atoms with E-state index >= 15 is 0 Å². The zero-order chi connectivity index (χ0) is 9.68. The summed E-state index contributed by atoms with van der Waals surface area (Å²) in [6.45, 7) is 0.172. The number of hydrogen-bond donors (Lipinski definition) is 3. The molecule has 0 heterocycles. The third-order valence-electron chi connectivity index (χ3n) is 1.99. The van der Waals surface area contributed by atoms with Crippen LogP contribution in [0.1, 0.15) is 24.4 Å². The highest BCUT2D eigenvalue weighted by atomic mass is 16.3. The summed E-state index contributed by atoms with van der Waals surface area (Å²) in [6.07, 6.45) is 1.48. The van der Waals surface area contributed by atoms with E-state index in [2.05, 4.69) is 0 Å². The number of phenols is 1. The maximum Gasteiger partial charge on any atom is 0.115 e. The molecule has 0 saturated heterocycles. The second kappa shape index (κ2) is 4.84. The fraction of sp³-hybridized carbons (Fsp3) is 0.400. The van der Waals surface area contributed by atoms with Gasteiger partial charge in [-0.1, -0.05) is 12.1 Å². The van der Waals surface area contributed by atoms with Gasteiger partial charge in [0.25, 0.3) is 0 Å². The topological polar surface area (TPSA) is 66.5 Å². The number of aliphatic hydroxyl groups excluding tert-OH is 1. The van der Waals surface area contributed by atoms with Crippen LogP contribution in [0.15, 0.2) is 24.3 Å². The predicted octanol–water partition coefficient (Wildman–Crippen LogP) is 1.16. The van der Waals surface area contributed by atoms with Gasteiger partial charge in [-0.25, -0.2) is 0 Å². The largest absolute Gasteiger partial charge is 0.508 e. The number of hydrogen-bond acceptors (Lipinski definition) is 3. The van der Waals surface area contributed by atoms with Crippen molar-refractivity contribution >= 4 is 0 Å². The van der Waals surface area contributed by atoms with Crippen LogP contribution in [0.25, 0.3) is 0 Å². The van der Waals surface area contributed by atoms with E-state index in [1.54, 1.807) is 24.3 Å². The molecular weight excluding hydrogens is 166 g/mol. The van der Waals surface area contributed by atoms with Crippen molar-refractivity contribution in [2.75, 3.05) is 6.61 Å². The molecule has 1 aromatic carbocycles. The lowest BCUT2D eigenvalue weighted by atomic mass is 10.0. The van der Waals surface area contributed by atoms with Crippen molar-refractivity contribution in [3.63, 3.8) is 0 Å². The smallest absolute Gasteiger partial charge is 0.115 e. The van der Waals surface area contributed by atoms with Gasteiger partial charge >= 0.3 is 0 Å². The molecule has 0 aromatic heterocycles. The molecule has 3 heteroatoms. The Kier molecular flexibility index (Phi) is 3.73. The van der Waals surface area contributed by atoms with E-state index < -0.39 is 0 Å². The highest BCUT2D eigenvalue weighted by molar-refractivity contribution is 5.27. The van der Waals surface area contributed by atoms with Crippen LogP contribution in [0.2, 0.25) is 0 Å². The summed E-state index contributed by atoms with van der Waals surface area (Å²) in [7, 11) is 0. The van der Waals surface area contributed by atoms with Crippen molar-refractivity contribution in [2.45, 2.75) is 18.9 Å². The van der Waals surface area contributed by atoms with Crippen molar-refractivity contribution in [1.29, 1.82) is 0 Å². The molecule has 3 nitrogen and oxygen atoms in total. The minimum absolute atomic E-state index is 0.0484. The standard InChI is InChI=1S/C10H15NO2/c11-10(2-1-7-12)8-3-5-9(13)6-4-8/h3-6,10,12-13H,1-2,7,11H2/t10-/m1/s1. The first kappa shape index (κ1) is 10.0. The zero-order valence-electron chi connectivity index (χ0n) is 7.48. The molecule has 4 N–H and O–H groups in total. The third kappa shape index (κ3) is 3.05. The Balaban J connectivity index is 2.55. The minimum atomic E-state index is -0.0484.